The van der Waals surface area contributed by atoms with E-state index in [1.54, 1.807) is 30.1 Å². The van der Waals surface area contributed by atoms with Gasteiger partial charge in [-0.05, 0) is 17.7 Å². The molecule has 1 aromatic heterocycles. The van der Waals surface area contributed by atoms with E-state index in [1.165, 1.54) is 14.2 Å². The predicted octanol–water partition coefficient (Wildman–Crippen LogP) is 1.62. The van der Waals surface area contributed by atoms with E-state index in [1.807, 2.05) is 0 Å². The summed E-state index contributed by atoms with van der Waals surface area (Å²) in [5.41, 5.74) is 1.76. The fraction of sp³-hybridized carbons (Fsp3) is 0.333. The maximum Gasteiger partial charge on any atom is 0.226 e. The number of rotatable bonds is 3. The van der Waals surface area contributed by atoms with E-state index in [2.05, 4.69) is 10.4 Å². The second-order valence-corrected chi connectivity index (χ2v) is 5.15. The molecule has 7 heteroatoms. The van der Waals surface area contributed by atoms with Crippen LogP contribution in [0.4, 0.5) is 5.82 Å². The molecule has 116 valence electrons. The van der Waals surface area contributed by atoms with Gasteiger partial charge in [-0.15, -0.1) is 0 Å². The van der Waals surface area contributed by atoms with Gasteiger partial charge < -0.3 is 19.9 Å². The molecule has 0 aliphatic carbocycles. The lowest BCUT2D eigenvalue weighted by atomic mass is 9.87. The van der Waals surface area contributed by atoms with Crippen molar-refractivity contribution in [3.05, 3.63) is 29.5 Å². The summed E-state index contributed by atoms with van der Waals surface area (Å²) in [6.07, 6.45) is 2.04. The number of aromatic hydroxyl groups is 1. The maximum absolute atomic E-state index is 12.0. The molecule has 3 rings (SSSR count). The lowest BCUT2D eigenvalue weighted by Crippen LogP contribution is -2.24. The summed E-state index contributed by atoms with van der Waals surface area (Å²) in [4.78, 5) is 12.0. The number of methoxy groups -OCH3 is 2. The van der Waals surface area contributed by atoms with Crippen LogP contribution < -0.4 is 14.8 Å². The second kappa shape index (κ2) is 5.25. The van der Waals surface area contributed by atoms with Crippen molar-refractivity contribution in [2.24, 2.45) is 7.05 Å². The highest BCUT2D eigenvalue weighted by Gasteiger charge is 2.30. The number of fused-ring (bicyclic) bond motifs is 1. The normalized spacial score (nSPS) is 16.9. The largest absolute Gasteiger partial charge is 0.502 e. The molecule has 0 fully saturated rings. The summed E-state index contributed by atoms with van der Waals surface area (Å²) < 4.78 is 12.0. The van der Waals surface area contributed by atoms with Crippen molar-refractivity contribution in [2.75, 3.05) is 19.5 Å². The molecule has 0 saturated carbocycles. The van der Waals surface area contributed by atoms with Crippen LogP contribution in [0.2, 0.25) is 0 Å². The number of nitrogens with zero attached hydrogens (tertiary/aromatic N) is 2. The molecule has 22 heavy (non-hydrogen) atoms. The maximum atomic E-state index is 12.0. The summed E-state index contributed by atoms with van der Waals surface area (Å²) in [6.45, 7) is 0. The first kappa shape index (κ1) is 14.2. The van der Waals surface area contributed by atoms with E-state index in [9.17, 15) is 9.90 Å². The third-order valence-electron chi connectivity index (χ3n) is 3.89. The van der Waals surface area contributed by atoms with E-state index in [0.29, 0.717) is 23.7 Å². The van der Waals surface area contributed by atoms with E-state index in [-0.39, 0.29) is 17.6 Å². The van der Waals surface area contributed by atoms with Crippen molar-refractivity contribution < 1.29 is 19.4 Å². The van der Waals surface area contributed by atoms with Gasteiger partial charge in [-0.2, -0.15) is 5.10 Å². The average Bonchev–Trinajstić information content (AvgIpc) is 2.88. The Bertz CT molecular complexity index is 713. The van der Waals surface area contributed by atoms with Gasteiger partial charge in [-0.3, -0.25) is 9.48 Å². The highest BCUT2D eigenvalue weighted by atomic mass is 16.5. The fourth-order valence-electron chi connectivity index (χ4n) is 2.75. The quantitative estimate of drug-likeness (QED) is 0.900. The van der Waals surface area contributed by atoms with Crippen LogP contribution in [-0.4, -0.2) is 35.0 Å². The minimum absolute atomic E-state index is 0.0552. The molecule has 1 aromatic carbocycles. The van der Waals surface area contributed by atoms with Crippen LogP contribution in [0.1, 0.15) is 23.5 Å². The minimum atomic E-state index is -0.166. The highest BCUT2D eigenvalue weighted by Crippen LogP contribution is 2.43. The Kier molecular flexibility index (Phi) is 3.40. The molecule has 0 spiro atoms. The number of nitrogens with one attached hydrogen (secondary N) is 1. The SMILES string of the molecule is COc1cc([C@@H]2CC(=O)Nc3c2cnn3C)cc(OC)c1O. The Morgan fingerprint density at radius 1 is 1.32 bits per heavy atom. The molecule has 2 heterocycles. The van der Waals surface area contributed by atoms with Crippen LogP contribution in [0.25, 0.3) is 0 Å². The van der Waals surface area contributed by atoms with Crippen LogP contribution in [-0.2, 0) is 11.8 Å². The average molecular weight is 303 g/mol. The highest BCUT2D eigenvalue weighted by molar-refractivity contribution is 5.94. The lowest BCUT2D eigenvalue weighted by molar-refractivity contribution is -0.116. The zero-order valence-corrected chi connectivity index (χ0v) is 12.6. The first-order valence-electron chi connectivity index (χ1n) is 6.81. The summed E-state index contributed by atoms with van der Waals surface area (Å²) in [6, 6.07) is 3.44. The topological polar surface area (TPSA) is 85.6 Å². The Hall–Kier alpha value is -2.70. The van der Waals surface area contributed by atoms with Gasteiger partial charge in [-0.1, -0.05) is 0 Å². The number of anilines is 1. The smallest absolute Gasteiger partial charge is 0.226 e. The van der Waals surface area contributed by atoms with Crippen molar-refractivity contribution in [3.63, 3.8) is 0 Å². The van der Waals surface area contributed by atoms with Gasteiger partial charge in [0.2, 0.25) is 11.7 Å². The number of benzene rings is 1. The molecule has 0 radical (unpaired) electrons. The number of aromatic nitrogens is 2. The van der Waals surface area contributed by atoms with Crippen molar-refractivity contribution in [2.45, 2.75) is 12.3 Å². The molecule has 1 atom stereocenters. The molecule has 1 aliphatic rings. The Morgan fingerprint density at radius 2 is 1.95 bits per heavy atom. The molecule has 2 N–H and O–H groups in total. The van der Waals surface area contributed by atoms with Gasteiger partial charge in [0.15, 0.2) is 11.5 Å². The molecule has 0 unspecified atom stereocenters. The predicted molar refractivity (Wildman–Crippen MR) is 79.5 cm³/mol. The molecule has 1 aliphatic heterocycles. The van der Waals surface area contributed by atoms with Gasteiger partial charge in [0, 0.05) is 24.9 Å². The summed E-state index contributed by atoms with van der Waals surface area (Å²) in [7, 11) is 4.72. The number of ether oxygens (including phenoxy) is 2. The monoisotopic (exact) mass is 303 g/mol. The number of phenols is 1. The molecule has 0 saturated heterocycles. The standard InChI is InChI=1S/C15H17N3O4/c1-18-15-10(7-16-18)9(6-13(19)17-15)8-4-11(21-2)14(20)12(5-8)22-3/h4-5,7,9,20H,6H2,1-3H3,(H,17,19)/t9-/m0/s1. The zero-order valence-electron chi connectivity index (χ0n) is 12.6. The van der Waals surface area contributed by atoms with Gasteiger partial charge in [0.05, 0.1) is 20.4 Å². The Morgan fingerprint density at radius 3 is 2.55 bits per heavy atom. The van der Waals surface area contributed by atoms with Crippen molar-refractivity contribution >= 4 is 11.7 Å². The molecule has 7 nitrogen and oxygen atoms in total. The van der Waals surface area contributed by atoms with Crippen LogP contribution in [0.5, 0.6) is 17.2 Å². The van der Waals surface area contributed by atoms with Crippen LogP contribution >= 0.6 is 0 Å². The second-order valence-electron chi connectivity index (χ2n) is 5.15. The van der Waals surface area contributed by atoms with Gasteiger partial charge in [0.1, 0.15) is 5.82 Å². The van der Waals surface area contributed by atoms with Crippen LogP contribution in [0, 0.1) is 0 Å². The molecular formula is C15H17N3O4. The van der Waals surface area contributed by atoms with E-state index < -0.39 is 0 Å². The third-order valence-corrected chi connectivity index (χ3v) is 3.89. The molecule has 0 bridgehead atoms. The van der Waals surface area contributed by atoms with Crippen molar-refractivity contribution in [1.82, 2.24) is 9.78 Å². The van der Waals surface area contributed by atoms with Gasteiger partial charge in [0.25, 0.3) is 0 Å². The number of hydrogen-bond acceptors (Lipinski definition) is 5. The van der Waals surface area contributed by atoms with E-state index >= 15 is 0 Å². The van der Waals surface area contributed by atoms with Gasteiger partial charge in [-0.25, -0.2) is 0 Å². The molecular weight excluding hydrogens is 286 g/mol. The van der Waals surface area contributed by atoms with Crippen LogP contribution in [0.3, 0.4) is 0 Å². The fourth-order valence-corrected chi connectivity index (χ4v) is 2.75. The first-order chi connectivity index (χ1) is 10.5. The van der Waals surface area contributed by atoms with Gasteiger partial charge >= 0.3 is 0 Å². The summed E-state index contributed by atoms with van der Waals surface area (Å²) >= 11 is 0. The van der Waals surface area contributed by atoms with E-state index in [0.717, 1.165) is 11.1 Å². The number of hydrogen-bond donors (Lipinski definition) is 2. The Labute approximate surface area is 127 Å². The van der Waals surface area contributed by atoms with Crippen molar-refractivity contribution in [3.8, 4) is 17.2 Å². The number of carbonyl (C=O) groups excluding carboxylic acids is 1. The Balaban J connectivity index is 2.13. The number of phenolic OH excluding ortho intramolecular Hbond substituents is 1. The summed E-state index contributed by atoms with van der Waals surface area (Å²) in [5, 5.41) is 17.0. The van der Waals surface area contributed by atoms with Crippen molar-refractivity contribution in [1.29, 1.82) is 0 Å². The third kappa shape index (κ3) is 2.14. The zero-order chi connectivity index (χ0) is 15.9. The molecule has 1 amide bonds. The first-order valence-corrected chi connectivity index (χ1v) is 6.81. The number of amides is 1. The number of carbonyl (C=O) groups is 1. The molecule has 2 aromatic rings. The minimum Gasteiger partial charge on any atom is -0.502 e. The number of aryl methyl sites for hydroxylation is 1. The summed E-state index contributed by atoms with van der Waals surface area (Å²) in [5.74, 6) is 1.01. The van der Waals surface area contributed by atoms with Crippen LogP contribution in [0.15, 0.2) is 18.3 Å². The lowest BCUT2D eigenvalue weighted by Gasteiger charge is -2.24. The van der Waals surface area contributed by atoms with E-state index in [4.69, 9.17) is 9.47 Å².